The lowest BCUT2D eigenvalue weighted by Crippen LogP contribution is -2.15. The summed E-state index contributed by atoms with van der Waals surface area (Å²) in [4.78, 5) is 0. The minimum absolute atomic E-state index is 0.687. The summed E-state index contributed by atoms with van der Waals surface area (Å²) in [6, 6.07) is 6.21. The number of hydrogen-bond acceptors (Lipinski definition) is 2. The average Bonchev–Trinajstić information content (AvgIpc) is 2.71. The highest BCUT2D eigenvalue weighted by molar-refractivity contribution is 9.10. The molecule has 1 aromatic heterocycles. The zero-order valence-electron chi connectivity index (χ0n) is 11.1. The maximum atomic E-state index is 6.09. The molecule has 102 valence electrons. The zero-order valence-corrected chi connectivity index (χ0v) is 13.4. The third-order valence-electron chi connectivity index (χ3n) is 2.88. The van der Waals surface area contributed by atoms with Gasteiger partial charge in [0.2, 0.25) is 0 Å². The second-order valence-electron chi connectivity index (χ2n) is 4.46. The number of aromatic nitrogens is 2. The third-order valence-corrected chi connectivity index (χ3v) is 3.74. The molecule has 1 N–H and O–H groups in total. The standard InChI is InChI=1S/C14H17BrClN3/c1-3-6-17-8-11-4-5-12(15)7-14(11)19-9-13(16)10(2)18-19/h4-5,7,9,17H,3,6,8H2,1-2H3. The fraction of sp³-hybridized carbons (Fsp3) is 0.357. The van der Waals surface area contributed by atoms with Gasteiger partial charge in [-0.25, -0.2) is 4.68 Å². The van der Waals surface area contributed by atoms with Gasteiger partial charge in [0.05, 0.1) is 16.4 Å². The topological polar surface area (TPSA) is 29.9 Å². The van der Waals surface area contributed by atoms with Crippen molar-refractivity contribution in [3.05, 3.63) is 45.1 Å². The van der Waals surface area contributed by atoms with Crippen LogP contribution in [0.1, 0.15) is 24.6 Å². The van der Waals surface area contributed by atoms with Crippen molar-refractivity contribution in [2.45, 2.75) is 26.8 Å². The van der Waals surface area contributed by atoms with Crippen LogP contribution in [0.3, 0.4) is 0 Å². The van der Waals surface area contributed by atoms with Gasteiger partial charge in [-0.1, -0.05) is 40.5 Å². The summed E-state index contributed by atoms with van der Waals surface area (Å²) in [6.45, 7) is 5.90. The van der Waals surface area contributed by atoms with Crippen LogP contribution in [0.2, 0.25) is 5.02 Å². The summed E-state index contributed by atoms with van der Waals surface area (Å²) >= 11 is 9.59. The zero-order chi connectivity index (χ0) is 13.8. The smallest absolute Gasteiger partial charge is 0.0819 e. The van der Waals surface area contributed by atoms with Gasteiger partial charge in [-0.05, 0) is 37.6 Å². The largest absolute Gasteiger partial charge is 0.313 e. The first-order valence-electron chi connectivity index (χ1n) is 6.33. The molecule has 0 aliphatic rings. The van der Waals surface area contributed by atoms with Crippen molar-refractivity contribution in [3.8, 4) is 5.69 Å². The molecule has 19 heavy (non-hydrogen) atoms. The lowest BCUT2D eigenvalue weighted by atomic mass is 10.2. The molecule has 1 aromatic carbocycles. The number of nitrogens with one attached hydrogen (secondary N) is 1. The Hall–Kier alpha value is -0.840. The van der Waals surface area contributed by atoms with E-state index in [0.717, 1.165) is 35.4 Å². The van der Waals surface area contributed by atoms with Gasteiger partial charge in [0.15, 0.2) is 0 Å². The van der Waals surface area contributed by atoms with Gasteiger partial charge in [-0.2, -0.15) is 5.10 Å². The maximum absolute atomic E-state index is 6.09. The number of benzene rings is 1. The van der Waals surface area contributed by atoms with Crippen LogP contribution in [0.5, 0.6) is 0 Å². The Kier molecular flexibility index (Phi) is 5.02. The van der Waals surface area contributed by atoms with Gasteiger partial charge in [0.1, 0.15) is 0 Å². The molecule has 0 saturated carbocycles. The Labute approximate surface area is 127 Å². The minimum atomic E-state index is 0.687. The van der Waals surface area contributed by atoms with Crippen molar-refractivity contribution in [1.29, 1.82) is 0 Å². The summed E-state index contributed by atoms with van der Waals surface area (Å²) in [6.07, 6.45) is 2.97. The highest BCUT2D eigenvalue weighted by atomic mass is 79.9. The van der Waals surface area contributed by atoms with Crippen molar-refractivity contribution >= 4 is 27.5 Å². The number of nitrogens with zero attached hydrogens (tertiary/aromatic N) is 2. The highest BCUT2D eigenvalue weighted by Gasteiger charge is 2.09. The number of hydrogen-bond donors (Lipinski definition) is 1. The lowest BCUT2D eigenvalue weighted by molar-refractivity contribution is 0.670. The molecule has 0 aliphatic heterocycles. The molecule has 0 amide bonds. The van der Waals surface area contributed by atoms with E-state index in [1.54, 1.807) is 0 Å². The molecule has 1 heterocycles. The van der Waals surface area contributed by atoms with Gasteiger partial charge in [0.25, 0.3) is 0 Å². The van der Waals surface area contributed by atoms with Crippen LogP contribution >= 0.6 is 27.5 Å². The Balaban J connectivity index is 2.34. The quantitative estimate of drug-likeness (QED) is 0.829. The molecular weight excluding hydrogens is 326 g/mol. The Morgan fingerprint density at radius 3 is 2.84 bits per heavy atom. The maximum Gasteiger partial charge on any atom is 0.0819 e. The van der Waals surface area contributed by atoms with E-state index in [2.05, 4.69) is 45.4 Å². The molecule has 0 atom stereocenters. The predicted octanol–water partition coefficient (Wildman–Crippen LogP) is 4.10. The van der Waals surface area contributed by atoms with Crippen LogP contribution in [0.4, 0.5) is 0 Å². The van der Waals surface area contributed by atoms with E-state index in [0.29, 0.717) is 5.02 Å². The molecule has 0 bridgehead atoms. The second-order valence-corrected chi connectivity index (χ2v) is 5.78. The van der Waals surface area contributed by atoms with Gasteiger partial charge in [-0.3, -0.25) is 0 Å². The molecule has 2 rings (SSSR count). The molecule has 2 aromatic rings. The van der Waals surface area contributed by atoms with Crippen molar-refractivity contribution in [2.75, 3.05) is 6.54 Å². The monoisotopic (exact) mass is 341 g/mol. The normalized spacial score (nSPS) is 10.9. The summed E-state index contributed by atoms with van der Waals surface area (Å²) in [7, 11) is 0. The number of halogens is 2. The molecule has 0 fully saturated rings. The average molecular weight is 343 g/mol. The summed E-state index contributed by atoms with van der Waals surface area (Å²) in [5.74, 6) is 0. The van der Waals surface area contributed by atoms with E-state index < -0.39 is 0 Å². The first-order valence-corrected chi connectivity index (χ1v) is 7.50. The van der Waals surface area contributed by atoms with E-state index in [-0.39, 0.29) is 0 Å². The van der Waals surface area contributed by atoms with Crippen LogP contribution < -0.4 is 5.32 Å². The van der Waals surface area contributed by atoms with Crippen molar-refractivity contribution in [1.82, 2.24) is 15.1 Å². The molecule has 3 nitrogen and oxygen atoms in total. The fourth-order valence-electron chi connectivity index (χ4n) is 1.86. The Morgan fingerprint density at radius 1 is 1.42 bits per heavy atom. The first kappa shape index (κ1) is 14.6. The Morgan fingerprint density at radius 2 is 2.21 bits per heavy atom. The predicted molar refractivity (Wildman–Crippen MR) is 83.0 cm³/mol. The fourth-order valence-corrected chi connectivity index (χ4v) is 2.34. The molecule has 0 saturated heterocycles. The van der Waals surface area contributed by atoms with Crippen LogP contribution in [0, 0.1) is 6.92 Å². The molecule has 0 unspecified atom stereocenters. The highest BCUT2D eigenvalue weighted by Crippen LogP contribution is 2.23. The molecule has 5 heteroatoms. The van der Waals surface area contributed by atoms with Crippen LogP contribution in [0.25, 0.3) is 5.69 Å². The summed E-state index contributed by atoms with van der Waals surface area (Å²) in [5.41, 5.74) is 3.10. The van der Waals surface area contributed by atoms with E-state index in [1.807, 2.05) is 23.9 Å². The summed E-state index contributed by atoms with van der Waals surface area (Å²) < 4.78 is 2.87. The minimum Gasteiger partial charge on any atom is -0.313 e. The van der Waals surface area contributed by atoms with Crippen molar-refractivity contribution in [2.24, 2.45) is 0 Å². The van der Waals surface area contributed by atoms with E-state index in [1.165, 1.54) is 5.56 Å². The first-order chi connectivity index (χ1) is 9.11. The second kappa shape index (κ2) is 6.55. The third kappa shape index (κ3) is 3.59. The molecular formula is C14H17BrClN3. The molecule has 0 aliphatic carbocycles. The van der Waals surface area contributed by atoms with Gasteiger partial charge in [-0.15, -0.1) is 0 Å². The van der Waals surface area contributed by atoms with Gasteiger partial charge < -0.3 is 5.32 Å². The van der Waals surface area contributed by atoms with Crippen LogP contribution in [0.15, 0.2) is 28.9 Å². The molecule has 0 radical (unpaired) electrons. The lowest BCUT2D eigenvalue weighted by Gasteiger charge is -2.11. The van der Waals surface area contributed by atoms with Gasteiger partial charge in [0, 0.05) is 17.2 Å². The van der Waals surface area contributed by atoms with Crippen LogP contribution in [-0.2, 0) is 6.54 Å². The van der Waals surface area contributed by atoms with Gasteiger partial charge >= 0.3 is 0 Å². The van der Waals surface area contributed by atoms with E-state index >= 15 is 0 Å². The van der Waals surface area contributed by atoms with Crippen LogP contribution in [-0.4, -0.2) is 16.3 Å². The number of rotatable bonds is 5. The number of aryl methyl sites for hydroxylation is 1. The van der Waals surface area contributed by atoms with Crippen molar-refractivity contribution < 1.29 is 0 Å². The van der Waals surface area contributed by atoms with Crippen molar-refractivity contribution in [3.63, 3.8) is 0 Å². The Bertz CT molecular complexity index is 546. The van der Waals surface area contributed by atoms with E-state index in [9.17, 15) is 0 Å². The summed E-state index contributed by atoms with van der Waals surface area (Å²) in [5, 5.41) is 8.55. The SMILES string of the molecule is CCCNCc1ccc(Br)cc1-n1cc(Cl)c(C)n1. The molecule has 0 spiro atoms. The van der Waals surface area contributed by atoms with E-state index in [4.69, 9.17) is 11.6 Å².